The van der Waals surface area contributed by atoms with Gasteiger partial charge in [0, 0.05) is 33.8 Å². The molecule has 3 aromatic heterocycles. The van der Waals surface area contributed by atoms with Crippen molar-refractivity contribution in [2.45, 2.75) is 6.61 Å². The van der Waals surface area contributed by atoms with Gasteiger partial charge < -0.3 is 4.74 Å². The van der Waals surface area contributed by atoms with Crippen LogP contribution in [-0.4, -0.2) is 30.0 Å². The van der Waals surface area contributed by atoms with E-state index in [1.54, 1.807) is 13.1 Å². The van der Waals surface area contributed by atoms with Gasteiger partial charge in [0.1, 0.15) is 11.6 Å². The van der Waals surface area contributed by atoms with Crippen LogP contribution in [0.5, 0.6) is 5.88 Å². The Kier molecular flexibility index (Phi) is 3.24. The predicted octanol–water partition coefficient (Wildman–Crippen LogP) is 0.934. The van der Waals surface area contributed by atoms with E-state index in [9.17, 15) is 4.79 Å². The fraction of sp³-hybridized carbons (Fsp3) is 0.200. The summed E-state index contributed by atoms with van der Waals surface area (Å²) in [4.78, 5) is 11.9. The van der Waals surface area contributed by atoms with Crippen LogP contribution in [0.4, 0.5) is 0 Å². The summed E-state index contributed by atoms with van der Waals surface area (Å²) in [5.74, 6) is 0.351. The van der Waals surface area contributed by atoms with Crippen molar-refractivity contribution in [1.29, 1.82) is 0 Å². The number of nitrogens with one attached hydrogen (secondary N) is 1. The van der Waals surface area contributed by atoms with Gasteiger partial charge in [0.25, 0.3) is 0 Å². The lowest BCUT2D eigenvalue weighted by Gasteiger charge is -2.04. The second-order valence-electron chi connectivity index (χ2n) is 3.82. The first kappa shape index (κ1) is 12.1. The standard InChI is InChI=1S/C10H9IN6O2S/c1-16-10(18)17(15-14-16)9-6(7(11)5-20-9)4-19-8-2-3-12-13-8/h2-3,5H,4H2,1H3,(H,12,13)/i/hT. The Morgan fingerprint density at radius 2 is 2.45 bits per heavy atom. The summed E-state index contributed by atoms with van der Waals surface area (Å²) in [6.07, 6.45) is 1.47. The SMILES string of the molecule is [3H]n1ccc(OCc2c(I)csc2-n2nnn(C)c2=O)n1. The number of nitrogens with zero attached hydrogens (tertiary/aromatic N) is 5. The van der Waals surface area contributed by atoms with Crippen LogP contribution in [0.3, 0.4) is 0 Å². The molecule has 0 radical (unpaired) electrons. The first-order chi connectivity index (χ1) is 10.1. The van der Waals surface area contributed by atoms with Crippen LogP contribution in [-0.2, 0) is 13.7 Å². The number of H-pyrrole nitrogens is 1. The Bertz CT molecular complexity index is 837. The summed E-state index contributed by atoms with van der Waals surface area (Å²) in [5.41, 5.74) is 0.521. The molecule has 0 aromatic carbocycles. The van der Waals surface area contributed by atoms with Gasteiger partial charge in [-0.2, -0.15) is 4.68 Å². The van der Waals surface area contributed by atoms with Gasteiger partial charge in [-0.05, 0) is 33.0 Å². The third kappa shape index (κ3) is 2.35. The van der Waals surface area contributed by atoms with E-state index in [2.05, 4.69) is 38.1 Å². The minimum Gasteiger partial charge on any atom is -0.472 e. The van der Waals surface area contributed by atoms with Crippen LogP contribution in [0.2, 0.25) is 1.41 Å². The maximum atomic E-state index is 11.9. The van der Waals surface area contributed by atoms with E-state index in [1.807, 2.05) is 5.38 Å². The number of thiophene rings is 1. The smallest absolute Gasteiger partial charge is 0.368 e. The van der Waals surface area contributed by atoms with Crippen molar-refractivity contribution in [3.63, 3.8) is 0 Å². The molecule has 0 bridgehead atoms. The molecule has 10 heteroatoms. The molecule has 8 nitrogen and oxygen atoms in total. The number of aromatic amines is 1. The fourth-order valence-electron chi connectivity index (χ4n) is 1.55. The zero-order valence-corrected chi connectivity index (χ0v) is 13.2. The Labute approximate surface area is 132 Å². The molecule has 1 N–H and O–H groups in total. The maximum absolute atomic E-state index is 11.9. The van der Waals surface area contributed by atoms with Crippen molar-refractivity contribution in [1.82, 2.24) is 30.0 Å². The zero-order valence-electron chi connectivity index (χ0n) is 11.2. The van der Waals surface area contributed by atoms with Crippen molar-refractivity contribution in [3.8, 4) is 10.9 Å². The monoisotopic (exact) mass is 406 g/mol. The van der Waals surface area contributed by atoms with Crippen molar-refractivity contribution < 1.29 is 6.15 Å². The van der Waals surface area contributed by atoms with E-state index in [0.29, 0.717) is 10.9 Å². The molecular formula is C10H9IN6O2S. The molecule has 3 rings (SSSR count). The minimum absolute atomic E-state index is 0.233. The molecule has 104 valence electrons. The van der Waals surface area contributed by atoms with Crippen molar-refractivity contribution in [2.24, 2.45) is 7.05 Å². The molecule has 0 amide bonds. The third-order valence-corrected chi connectivity index (χ3v) is 4.92. The van der Waals surface area contributed by atoms with Crippen molar-refractivity contribution >= 4 is 33.9 Å². The summed E-state index contributed by atoms with van der Waals surface area (Å²) >= 11 is 3.57. The Balaban J connectivity index is 1.90. The molecule has 0 aliphatic rings. The summed E-state index contributed by atoms with van der Waals surface area (Å²) in [5, 5.41) is 14.9. The molecule has 0 saturated heterocycles. The second kappa shape index (κ2) is 5.36. The van der Waals surface area contributed by atoms with Gasteiger partial charge >= 0.3 is 5.69 Å². The molecule has 0 unspecified atom stereocenters. The molecule has 0 spiro atoms. The molecule has 3 heterocycles. The highest BCUT2D eigenvalue weighted by Crippen LogP contribution is 2.27. The van der Waals surface area contributed by atoms with E-state index < -0.39 is 0 Å². The number of tetrazole rings is 1. The number of aryl methyl sites for hydroxylation is 1. The summed E-state index contributed by atoms with van der Waals surface area (Å²) in [6, 6.07) is 1.60. The van der Waals surface area contributed by atoms with E-state index in [0.717, 1.165) is 14.2 Å². The highest BCUT2D eigenvalue weighted by atomic mass is 127. The van der Waals surface area contributed by atoms with Crippen molar-refractivity contribution in [3.05, 3.63) is 37.3 Å². The number of ether oxygens (including phenoxy) is 1. The quantitative estimate of drug-likeness (QED) is 0.652. The Morgan fingerprint density at radius 1 is 1.60 bits per heavy atom. The second-order valence-corrected chi connectivity index (χ2v) is 5.84. The third-order valence-electron chi connectivity index (χ3n) is 2.54. The summed E-state index contributed by atoms with van der Waals surface area (Å²) in [7, 11) is 1.54. The van der Waals surface area contributed by atoms with Crippen LogP contribution >= 0.6 is 33.9 Å². The average Bonchev–Trinajstić information content (AvgIpc) is 3.11. The Morgan fingerprint density at radius 3 is 3.10 bits per heavy atom. The first-order valence-electron chi connectivity index (χ1n) is 5.94. The molecule has 0 aliphatic heterocycles. The number of aromatic nitrogens is 6. The van der Waals surface area contributed by atoms with Crippen LogP contribution in [0, 0.1) is 3.57 Å². The maximum Gasteiger partial charge on any atom is 0.368 e. The predicted molar refractivity (Wildman–Crippen MR) is 80.1 cm³/mol. The molecule has 0 saturated carbocycles. The van der Waals surface area contributed by atoms with Crippen molar-refractivity contribution in [2.75, 3.05) is 0 Å². The summed E-state index contributed by atoms with van der Waals surface area (Å²) < 4.78 is 16.2. The molecule has 20 heavy (non-hydrogen) atoms. The summed E-state index contributed by atoms with van der Waals surface area (Å²) in [6.45, 7) is 0.233. The lowest BCUT2D eigenvalue weighted by molar-refractivity contribution is 0.292. The molecule has 0 atom stereocenters. The largest absolute Gasteiger partial charge is 0.472 e. The first-order valence-corrected chi connectivity index (χ1v) is 7.45. The van der Waals surface area contributed by atoms with Crippen LogP contribution in [0.15, 0.2) is 22.4 Å². The highest BCUT2D eigenvalue weighted by Gasteiger charge is 2.17. The highest BCUT2D eigenvalue weighted by molar-refractivity contribution is 14.1. The number of rotatable bonds is 4. The van der Waals surface area contributed by atoms with Gasteiger partial charge in [0.15, 0.2) is 1.41 Å². The van der Waals surface area contributed by atoms with Gasteiger partial charge in [-0.15, -0.1) is 21.1 Å². The van der Waals surface area contributed by atoms with E-state index in [1.165, 1.54) is 26.9 Å². The zero-order chi connectivity index (χ0) is 15.0. The van der Waals surface area contributed by atoms with Gasteiger partial charge in [-0.25, -0.2) is 4.79 Å². The Hall–Kier alpha value is -1.69. The normalized spacial score (nSPS) is 11.6. The molecule has 0 fully saturated rings. The van der Waals surface area contributed by atoms with Gasteiger partial charge in [-0.1, -0.05) is 0 Å². The van der Waals surface area contributed by atoms with Gasteiger partial charge in [0.2, 0.25) is 5.88 Å². The molecule has 0 aliphatic carbocycles. The molecule has 3 aromatic rings. The lowest BCUT2D eigenvalue weighted by Crippen LogP contribution is -2.22. The van der Waals surface area contributed by atoms with E-state index in [4.69, 9.17) is 6.15 Å². The number of halogens is 1. The molecular weight excluding hydrogens is 395 g/mol. The van der Waals surface area contributed by atoms with Gasteiger partial charge in [-0.3, -0.25) is 5.09 Å². The van der Waals surface area contributed by atoms with E-state index in [-0.39, 0.29) is 12.3 Å². The van der Waals surface area contributed by atoms with Gasteiger partial charge in [0.05, 0.1) is 0 Å². The van der Waals surface area contributed by atoms with Crippen LogP contribution in [0.25, 0.3) is 5.00 Å². The topological polar surface area (TPSA) is 90.6 Å². The van der Waals surface area contributed by atoms with E-state index >= 15 is 0 Å². The fourth-order valence-corrected chi connectivity index (χ4v) is 3.40. The minimum atomic E-state index is -0.315. The van der Waals surface area contributed by atoms with Crippen LogP contribution < -0.4 is 10.4 Å². The number of hydrogen-bond acceptors (Lipinski definition) is 6. The average molecular weight is 406 g/mol. The lowest BCUT2D eigenvalue weighted by atomic mass is 10.3. The number of hydrogen-bond donors (Lipinski definition) is 1. The van der Waals surface area contributed by atoms with Crippen LogP contribution in [0.1, 0.15) is 5.56 Å².